The second kappa shape index (κ2) is 6.31. The van der Waals surface area contributed by atoms with E-state index in [0.29, 0.717) is 6.42 Å². The fourth-order valence-electron chi connectivity index (χ4n) is 1.86. The Bertz CT molecular complexity index is 796. The van der Waals surface area contributed by atoms with Crippen LogP contribution in [0.1, 0.15) is 16.7 Å². The summed E-state index contributed by atoms with van der Waals surface area (Å²) in [6.45, 7) is 3.80. The van der Waals surface area contributed by atoms with Crippen LogP contribution >= 0.6 is 22.9 Å². The number of aromatic nitrogens is 1. The molecule has 0 aromatic carbocycles. The van der Waals surface area contributed by atoms with E-state index in [9.17, 15) is 13.2 Å². The fraction of sp³-hybridized carbons (Fsp3) is 0.308. The number of hydrogen-bond acceptors (Lipinski definition) is 4. The van der Waals surface area contributed by atoms with E-state index < -0.39 is 15.6 Å². The van der Waals surface area contributed by atoms with Crippen molar-refractivity contribution in [1.29, 1.82) is 0 Å². The summed E-state index contributed by atoms with van der Waals surface area (Å²) in [7, 11) is -3.71. The number of halogens is 1. The van der Waals surface area contributed by atoms with Crippen LogP contribution in [-0.4, -0.2) is 19.4 Å². The first-order chi connectivity index (χ1) is 9.78. The number of sulfonamides is 1. The van der Waals surface area contributed by atoms with Crippen molar-refractivity contribution in [3.8, 4) is 0 Å². The molecule has 2 N–H and O–H groups in total. The number of nitrogens with one attached hydrogen (secondary N) is 2. The minimum absolute atomic E-state index is 0.0543. The third-order valence-electron chi connectivity index (χ3n) is 2.80. The Hall–Kier alpha value is -1.15. The second-order valence-corrected chi connectivity index (χ2v) is 8.24. The summed E-state index contributed by atoms with van der Waals surface area (Å²) in [6, 6.07) is 4.87. The first-order valence-electron chi connectivity index (χ1n) is 6.24. The van der Waals surface area contributed by atoms with Gasteiger partial charge >= 0.3 is 0 Å². The van der Waals surface area contributed by atoms with Crippen molar-refractivity contribution >= 4 is 33.0 Å². The van der Waals surface area contributed by atoms with Crippen molar-refractivity contribution in [3.63, 3.8) is 0 Å². The molecule has 5 nitrogen and oxygen atoms in total. The Kier molecular flexibility index (Phi) is 4.88. The molecular formula is C13H15ClN2O3S2. The fourth-order valence-corrected chi connectivity index (χ4v) is 4.36. The van der Waals surface area contributed by atoms with Crippen molar-refractivity contribution in [2.24, 2.45) is 0 Å². The van der Waals surface area contributed by atoms with E-state index >= 15 is 0 Å². The highest BCUT2D eigenvalue weighted by Crippen LogP contribution is 2.18. The van der Waals surface area contributed by atoms with Gasteiger partial charge in [0.25, 0.3) is 5.56 Å². The highest BCUT2D eigenvalue weighted by atomic mass is 35.5. The molecule has 0 aliphatic heterocycles. The zero-order valence-electron chi connectivity index (χ0n) is 11.5. The molecule has 0 aliphatic carbocycles. The summed E-state index contributed by atoms with van der Waals surface area (Å²) in [5, 5.41) is -0.153. The molecule has 2 aromatic rings. The summed E-state index contributed by atoms with van der Waals surface area (Å²) < 4.78 is 27.0. The average Bonchev–Trinajstić information content (AvgIpc) is 2.77. The van der Waals surface area contributed by atoms with Crippen molar-refractivity contribution in [3.05, 3.63) is 49.5 Å². The highest BCUT2D eigenvalue weighted by Gasteiger charge is 2.19. The number of hydrogen-bond donors (Lipinski definition) is 2. The van der Waals surface area contributed by atoms with Gasteiger partial charge < -0.3 is 4.98 Å². The van der Waals surface area contributed by atoms with E-state index in [4.69, 9.17) is 11.6 Å². The molecule has 0 saturated carbocycles. The Morgan fingerprint density at radius 3 is 2.71 bits per heavy atom. The van der Waals surface area contributed by atoms with Crippen LogP contribution in [-0.2, 0) is 16.4 Å². The SMILES string of the molecule is Cc1ccc(CC(C)NS(=O)(=O)c2c[nH]c(=O)c(Cl)c2)s1. The van der Waals surface area contributed by atoms with Gasteiger partial charge in [-0.1, -0.05) is 11.6 Å². The molecule has 2 aromatic heterocycles. The predicted molar refractivity (Wildman–Crippen MR) is 84.6 cm³/mol. The van der Waals surface area contributed by atoms with Gasteiger partial charge in [0.15, 0.2) is 0 Å². The molecule has 0 saturated heterocycles. The van der Waals surface area contributed by atoms with Crippen LogP contribution in [0.15, 0.2) is 34.1 Å². The van der Waals surface area contributed by atoms with Crippen LogP contribution in [0.5, 0.6) is 0 Å². The van der Waals surface area contributed by atoms with Crippen molar-refractivity contribution < 1.29 is 8.42 Å². The Morgan fingerprint density at radius 2 is 2.14 bits per heavy atom. The van der Waals surface area contributed by atoms with Crippen molar-refractivity contribution in [2.45, 2.75) is 31.2 Å². The molecule has 0 spiro atoms. The predicted octanol–water partition coefficient (Wildman–Crippen LogP) is 2.31. The van der Waals surface area contributed by atoms with Crippen molar-refractivity contribution in [1.82, 2.24) is 9.71 Å². The lowest BCUT2D eigenvalue weighted by Gasteiger charge is -2.13. The largest absolute Gasteiger partial charge is 0.326 e. The van der Waals surface area contributed by atoms with E-state index in [0.717, 1.165) is 17.1 Å². The normalized spacial score (nSPS) is 13.3. The van der Waals surface area contributed by atoms with Gasteiger partial charge in [-0.15, -0.1) is 11.3 Å². The highest BCUT2D eigenvalue weighted by molar-refractivity contribution is 7.89. The Labute approximate surface area is 132 Å². The molecule has 0 radical (unpaired) electrons. The zero-order valence-corrected chi connectivity index (χ0v) is 13.9. The number of thiophene rings is 1. The summed E-state index contributed by atoms with van der Waals surface area (Å²) >= 11 is 7.29. The van der Waals surface area contributed by atoms with Crippen LogP contribution in [0.4, 0.5) is 0 Å². The van der Waals surface area contributed by atoms with Gasteiger partial charge in [-0.25, -0.2) is 13.1 Å². The monoisotopic (exact) mass is 346 g/mol. The number of pyridine rings is 1. The summed E-state index contributed by atoms with van der Waals surface area (Å²) in [5.41, 5.74) is -0.516. The molecule has 8 heteroatoms. The average molecular weight is 347 g/mol. The summed E-state index contributed by atoms with van der Waals surface area (Å²) in [5.74, 6) is 0. The molecule has 1 unspecified atom stereocenters. The molecule has 2 heterocycles. The van der Waals surface area contributed by atoms with Gasteiger partial charge in [0, 0.05) is 22.0 Å². The first kappa shape index (κ1) is 16.2. The van der Waals surface area contributed by atoms with E-state index in [2.05, 4.69) is 9.71 Å². The quantitative estimate of drug-likeness (QED) is 0.871. The Morgan fingerprint density at radius 1 is 1.43 bits per heavy atom. The number of H-pyrrole nitrogens is 1. The minimum atomic E-state index is -3.71. The maximum atomic E-state index is 12.2. The Balaban J connectivity index is 2.12. The number of rotatable bonds is 5. The van der Waals surface area contributed by atoms with Gasteiger partial charge in [-0.3, -0.25) is 4.79 Å². The second-order valence-electron chi connectivity index (χ2n) is 4.75. The van der Waals surface area contributed by atoms with E-state index in [1.807, 2.05) is 19.1 Å². The molecule has 0 fully saturated rings. The van der Waals surface area contributed by atoms with Gasteiger partial charge in [-0.2, -0.15) is 0 Å². The lowest BCUT2D eigenvalue weighted by Crippen LogP contribution is -2.34. The maximum absolute atomic E-state index is 12.2. The van der Waals surface area contributed by atoms with E-state index in [-0.39, 0.29) is 16.0 Å². The van der Waals surface area contributed by atoms with Crippen molar-refractivity contribution in [2.75, 3.05) is 0 Å². The molecule has 0 bridgehead atoms. The molecule has 0 aliphatic rings. The van der Waals surface area contributed by atoms with Crippen LogP contribution in [0.2, 0.25) is 5.02 Å². The van der Waals surface area contributed by atoms with Crippen LogP contribution in [0.25, 0.3) is 0 Å². The van der Waals surface area contributed by atoms with Crippen LogP contribution in [0.3, 0.4) is 0 Å². The van der Waals surface area contributed by atoms with Gasteiger partial charge in [0.1, 0.15) is 5.02 Å². The van der Waals surface area contributed by atoms with E-state index in [1.54, 1.807) is 18.3 Å². The van der Waals surface area contributed by atoms with E-state index in [1.165, 1.54) is 4.88 Å². The first-order valence-corrected chi connectivity index (χ1v) is 8.91. The maximum Gasteiger partial charge on any atom is 0.266 e. The summed E-state index contributed by atoms with van der Waals surface area (Å²) in [6.07, 6.45) is 1.74. The molecule has 0 amide bonds. The molecule has 114 valence electrons. The molecular weight excluding hydrogens is 332 g/mol. The standard InChI is InChI=1S/C13H15ClN2O3S2/c1-8(5-10-4-3-9(2)20-10)16-21(18,19)11-6-12(14)13(17)15-7-11/h3-4,6-8,16H,5H2,1-2H3,(H,15,17). The third-order valence-corrected chi connectivity index (χ3v) is 5.67. The van der Waals surface area contributed by atoms with Crippen LogP contribution in [0, 0.1) is 6.92 Å². The molecule has 1 atom stereocenters. The minimum Gasteiger partial charge on any atom is -0.326 e. The lowest BCUT2D eigenvalue weighted by atomic mass is 10.2. The van der Waals surface area contributed by atoms with Gasteiger partial charge in [0.05, 0.1) is 4.90 Å². The third kappa shape index (κ3) is 4.16. The lowest BCUT2D eigenvalue weighted by molar-refractivity contribution is 0.560. The number of aryl methyl sites for hydroxylation is 1. The topological polar surface area (TPSA) is 79.0 Å². The molecule has 2 rings (SSSR count). The van der Waals surface area contributed by atoms with Gasteiger partial charge in [-0.05, 0) is 38.5 Å². The van der Waals surface area contributed by atoms with Gasteiger partial charge in [0.2, 0.25) is 10.0 Å². The zero-order chi connectivity index (χ0) is 15.6. The summed E-state index contributed by atoms with van der Waals surface area (Å²) in [4.78, 5) is 15.7. The van der Waals surface area contributed by atoms with Crippen LogP contribution < -0.4 is 10.3 Å². The molecule has 21 heavy (non-hydrogen) atoms. The number of aromatic amines is 1. The smallest absolute Gasteiger partial charge is 0.266 e.